The third-order valence-electron chi connectivity index (χ3n) is 2.69. The van der Waals surface area contributed by atoms with E-state index < -0.39 is 0 Å². The second-order valence-electron chi connectivity index (χ2n) is 4.10. The van der Waals surface area contributed by atoms with Gasteiger partial charge in [0, 0.05) is 17.8 Å². The largest absolute Gasteiger partial charge is 0.478 e. The van der Waals surface area contributed by atoms with Crippen LogP contribution in [0.25, 0.3) is 0 Å². The molecule has 0 saturated heterocycles. The fraction of sp³-hybridized carbons (Fsp3) is 0.667. The SMILES string of the molecule is CCOc1cc(NC(CC)(CCl)CCl)nc(C)n1. The maximum Gasteiger partial charge on any atom is 0.218 e. The number of hydrogen-bond donors (Lipinski definition) is 1. The van der Waals surface area contributed by atoms with Gasteiger partial charge in [-0.2, -0.15) is 4.98 Å². The summed E-state index contributed by atoms with van der Waals surface area (Å²) in [6, 6.07) is 1.76. The van der Waals surface area contributed by atoms with Crippen molar-refractivity contribution in [3.8, 4) is 5.88 Å². The summed E-state index contributed by atoms with van der Waals surface area (Å²) < 4.78 is 5.39. The zero-order valence-electron chi connectivity index (χ0n) is 11.0. The minimum absolute atomic E-state index is 0.354. The van der Waals surface area contributed by atoms with Gasteiger partial charge in [-0.1, -0.05) is 6.92 Å². The highest BCUT2D eigenvalue weighted by atomic mass is 35.5. The Labute approximate surface area is 118 Å². The minimum Gasteiger partial charge on any atom is -0.478 e. The molecule has 0 radical (unpaired) electrons. The maximum atomic E-state index is 5.99. The van der Waals surface area contributed by atoms with Crippen LogP contribution in [0.1, 0.15) is 26.1 Å². The summed E-state index contributed by atoms with van der Waals surface area (Å²) in [4.78, 5) is 8.52. The van der Waals surface area contributed by atoms with Crippen LogP contribution in [0.15, 0.2) is 6.07 Å². The van der Waals surface area contributed by atoms with Crippen LogP contribution in [0.3, 0.4) is 0 Å². The molecule has 1 aromatic rings. The number of anilines is 1. The summed E-state index contributed by atoms with van der Waals surface area (Å²) in [6.45, 7) is 6.34. The Morgan fingerprint density at radius 2 is 1.94 bits per heavy atom. The third-order valence-corrected chi connectivity index (χ3v) is 3.71. The van der Waals surface area contributed by atoms with Crippen LogP contribution < -0.4 is 10.1 Å². The highest BCUT2D eigenvalue weighted by Crippen LogP contribution is 2.23. The van der Waals surface area contributed by atoms with Gasteiger partial charge in [0.1, 0.15) is 11.6 Å². The topological polar surface area (TPSA) is 47.0 Å². The van der Waals surface area contributed by atoms with Crippen molar-refractivity contribution < 1.29 is 4.74 Å². The van der Waals surface area contributed by atoms with Crippen molar-refractivity contribution in [3.63, 3.8) is 0 Å². The van der Waals surface area contributed by atoms with E-state index in [9.17, 15) is 0 Å². The monoisotopic (exact) mass is 291 g/mol. The molecule has 0 aliphatic heterocycles. The van der Waals surface area contributed by atoms with Crippen LogP contribution in [-0.2, 0) is 0 Å². The molecule has 0 spiro atoms. The van der Waals surface area contributed by atoms with Gasteiger partial charge < -0.3 is 10.1 Å². The average molecular weight is 292 g/mol. The zero-order chi connectivity index (χ0) is 13.6. The lowest BCUT2D eigenvalue weighted by Gasteiger charge is -2.30. The van der Waals surface area contributed by atoms with Crippen LogP contribution in [0.2, 0.25) is 0 Å². The van der Waals surface area contributed by atoms with E-state index in [2.05, 4.69) is 15.3 Å². The molecule has 0 aliphatic rings. The summed E-state index contributed by atoms with van der Waals surface area (Å²) >= 11 is 12.0. The summed E-state index contributed by atoms with van der Waals surface area (Å²) in [5, 5.41) is 3.29. The Morgan fingerprint density at radius 1 is 1.28 bits per heavy atom. The molecule has 0 aliphatic carbocycles. The van der Waals surface area contributed by atoms with Crippen LogP contribution in [0.5, 0.6) is 5.88 Å². The predicted octanol–water partition coefficient (Wildman–Crippen LogP) is 3.22. The number of rotatable bonds is 7. The van der Waals surface area contributed by atoms with E-state index in [1.807, 2.05) is 20.8 Å². The molecular weight excluding hydrogens is 273 g/mol. The molecule has 102 valence electrons. The standard InChI is InChI=1S/C12H19Cl2N3O/c1-4-12(7-13,8-14)17-10-6-11(18-5-2)16-9(3)15-10/h6H,4-5,7-8H2,1-3H3,(H,15,16,17). The van der Waals surface area contributed by atoms with Crippen molar-refractivity contribution in [2.24, 2.45) is 0 Å². The van der Waals surface area contributed by atoms with Gasteiger partial charge in [-0.15, -0.1) is 23.2 Å². The first kappa shape index (κ1) is 15.3. The molecule has 0 bridgehead atoms. The molecule has 0 atom stereocenters. The predicted molar refractivity (Wildman–Crippen MR) is 76.0 cm³/mol. The number of hydrogen-bond acceptors (Lipinski definition) is 4. The van der Waals surface area contributed by atoms with E-state index in [0.717, 1.165) is 6.42 Å². The van der Waals surface area contributed by atoms with Crippen LogP contribution in [0, 0.1) is 6.92 Å². The molecule has 6 heteroatoms. The average Bonchev–Trinajstić information content (AvgIpc) is 2.36. The van der Waals surface area contributed by atoms with Gasteiger partial charge >= 0.3 is 0 Å². The summed E-state index contributed by atoms with van der Waals surface area (Å²) in [5.41, 5.74) is -0.354. The normalized spacial score (nSPS) is 11.4. The number of halogens is 2. The number of nitrogens with zero attached hydrogens (tertiary/aromatic N) is 2. The quantitative estimate of drug-likeness (QED) is 0.784. The molecule has 0 aromatic carbocycles. The fourth-order valence-corrected chi connectivity index (χ4v) is 2.28. The van der Waals surface area contributed by atoms with E-state index in [1.165, 1.54) is 0 Å². The minimum atomic E-state index is -0.354. The lowest BCUT2D eigenvalue weighted by Crippen LogP contribution is -2.42. The second kappa shape index (κ2) is 7.00. The van der Waals surface area contributed by atoms with E-state index >= 15 is 0 Å². The van der Waals surface area contributed by atoms with Gasteiger partial charge in [0.2, 0.25) is 5.88 Å². The van der Waals surface area contributed by atoms with Crippen molar-refractivity contribution in [3.05, 3.63) is 11.9 Å². The van der Waals surface area contributed by atoms with E-state index in [4.69, 9.17) is 27.9 Å². The maximum absolute atomic E-state index is 5.99. The molecule has 0 unspecified atom stereocenters. The molecule has 1 aromatic heterocycles. The third kappa shape index (κ3) is 3.89. The Bertz CT molecular complexity index is 375. The lowest BCUT2D eigenvalue weighted by atomic mass is 10.0. The van der Waals surface area contributed by atoms with E-state index in [1.54, 1.807) is 6.07 Å². The molecule has 1 rings (SSSR count). The van der Waals surface area contributed by atoms with Gasteiger partial charge in [0.25, 0.3) is 0 Å². The van der Waals surface area contributed by atoms with Crippen molar-refractivity contribution in [2.75, 3.05) is 23.7 Å². The molecule has 0 fully saturated rings. The number of alkyl halides is 2. The zero-order valence-corrected chi connectivity index (χ0v) is 12.5. The van der Waals surface area contributed by atoms with Gasteiger partial charge in [0.15, 0.2) is 0 Å². The van der Waals surface area contributed by atoms with Crippen LogP contribution in [0.4, 0.5) is 5.82 Å². The highest BCUT2D eigenvalue weighted by molar-refractivity contribution is 6.22. The molecule has 4 nitrogen and oxygen atoms in total. The second-order valence-corrected chi connectivity index (χ2v) is 4.63. The molecule has 18 heavy (non-hydrogen) atoms. The molecule has 0 saturated carbocycles. The van der Waals surface area contributed by atoms with Crippen molar-refractivity contribution >= 4 is 29.0 Å². The van der Waals surface area contributed by atoms with Gasteiger partial charge in [0.05, 0.1) is 12.1 Å². The van der Waals surface area contributed by atoms with E-state index in [-0.39, 0.29) is 5.54 Å². The molecule has 0 amide bonds. The Hall–Kier alpha value is -0.740. The smallest absolute Gasteiger partial charge is 0.218 e. The first-order valence-electron chi connectivity index (χ1n) is 5.97. The van der Waals surface area contributed by atoms with Gasteiger partial charge in [-0.3, -0.25) is 0 Å². The van der Waals surface area contributed by atoms with Gasteiger partial charge in [-0.05, 0) is 20.3 Å². The first-order valence-corrected chi connectivity index (χ1v) is 7.04. The number of nitrogens with one attached hydrogen (secondary N) is 1. The number of aryl methyl sites for hydroxylation is 1. The summed E-state index contributed by atoms with van der Waals surface area (Å²) in [6.07, 6.45) is 0.813. The lowest BCUT2D eigenvalue weighted by molar-refractivity contribution is 0.325. The van der Waals surface area contributed by atoms with E-state index in [0.29, 0.717) is 35.9 Å². The first-order chi connectivity index (χ1) is 8.59. The van der Waals surface area contributed by atoms with Crippen molar-refractivity contribution in [1.29, 1.82) is 0 Å². The summed E-state index contributed by atoms with van der Waals surface area (Å²) in [7, 11) is 0. The van der Waals surface area contributed by atoms with Crippen molar-refractivity contribution in [1.82, 2.24) is 9.97 Å². The van der Waals surface area contributed by atoms with Crippen molar-refractivity contribution in [2.45, 2.75) is 32.7 Å². The fourth-order valence-electron chi connectivity index (χ4n) is 1.48. The highest BCUT2D eigenvalue weighted by Gasteiger charge is 2.26. The molecule has 1 N–H and O–H groups in total. The number of ether oxygens (including phenoxy) is 1. The van der Waals surface area contributed by atoms with Crippen LogP contribution in [-0.4, -0.2) is 33.9 Å². The number of aromatic nitrogens is 2. The van der Waals surface area contributed by atoms with Gasteiger partial charge in [-0.25, -0.2) is 4.98 Å². The van der Waals surface area contributed by atoms with Crippen LogP contribution >= 0.6 is 23.2 Å². The molecular formula is C12H19Cl2N3O. The Balaban J connectivity index is 2.95. The molecule has 1 heterocycles. The Morgan fingerprint density at radius 3 is 2.44 bits per heavy atom. The Kier molecular flexibility index (Phi) is 5.96. The summed E-state index contributed by atoms with van der Waals surface area (Å²) in [5.74, 6) is 2.73.